The van der Waals surface area contributed by atoms with Crippen LogP contribution in [0, 0.1) is 6.92 Å². The topological polar surface area (TPSA) is 75.7 Å². The number of hydrogen-bond acceptors (Lipinski definition) is 4. The number of amides is 1. The maximum atomic E-state index is 13.3. The first kappa shape index (κ1) is 21.2. The first-order valence-corrected chi connectivity index (χ1v) is 11.2. The molecule has 0 saturated heterocycles. The highest BCUT2D eigenvalue weighted by Gasteiger charge is 2.31. The SMILES string of the molecule is Cc1ccc(S(=O)(=O)N2CCC(NC(=O)OC(C)(C)C)Cc3ccccc32)cc1. The third-order valence-corrected chi connectivity index (χ3v) is 6.56. The minimum Gasteiger partial charge on any atom is -0.444 e. The van der Waals surface area contributed by atoms with Gasteiger partial charge in [0.25, 0.3) is 10.0 Å². The van der Waals surface area contributed by atoms with Crippen LogP contribution in [0.25, 0.3) is 0 Å². The number of nitrogens with one attached hydrogen (secondary N) is 1. The standard InChI is InChI=1S/C22H28N2O4S/c1-16-9-11-19(12-10-16)29(26,27)24-14-13-18(23-21(25)28-22(2,3)4)15-17-7-5-6-8-20(17)24/h5-12,18H,13-15H2,1-4H3,(H,23,25). The van der Waals surface area contributed by atoms with E-state index in [1.807, 2.05) is 52.0 Å². The van der Waals surface area contributed by atoms with Crippen molar-refractivity contribution in [3.05, 3.63) is 59.7 Å². The van der Waals surface area contributed by atoms with Gasteiger partial charge in [-0.1, -0.05) is 35.9 Å². The Kier molecular flexibility index (Phi) is 5.89. The van der Waals surface area contributed by atoms with E-state index in [2.05, 4.69) is 5.32 Å². The molecule has 0 fully saturated rings. The predicted octanol–water partition coefficient (Wildman–Crippen LogP) is 4.03. The summed E-state index contributed by atoms with van der Waals surface area (Å²) < 4.78 is 33.5. The number of para-hydroxylation sites is 1. The molecule has 156 valence electrons. The Hall–Kier alpha value is -2.54. The average Bonchev–Trinajstić information content (AvgIpc) is 2.79. The Morgan fingerprint density at radius 3 is 2.41 bits per heavy atom. The Morgan fingerprint density at radius 2 is 1.76 bits per heavy atom. The number of carbonyl (C=O) groups excluding carboxylic acids is 1. The molecule has 3 rings (SSSR count). The van der Waals surface area contributed by atoms with Crippen molar-refractivity contribution >= 4 is 21.8 Å². The Balaban J connectivity index is 1.88. The molecule has 0 spiro atoms. The minimum atomic E-state index is -3.71. The maximum absolute atomic E-state index is 13.3. The van der Waals surface area contributed by atoms with Gasteiger partial charge in [-0.15, -0.1) is 0 Å². The van der Waals surface area contributed by atoms with Crippen molar-refractivity contribution in [3.63, 3.8) is 0 Å². The van der Waals surface area contributed by atoms with Crippen LogP contribution in [0.5, 0.6) is 0 Å². The molecule has 1 atom stereocenters. The van der Waals surface area contributed by atoms with Crippen molar-refractivity contribution in [3.8, 4) is 0 Å². The molecule has 0 saturated carbocycles. The summed E-state index contributed by atoms with van der Waals surface area (Å²) >= 11 is 0. The molecular formula is C22H28N2O4S. The van der Waals surface area contributed by atoms with Gasteiger partial charge in [0.15, 0.2) is 0 Å². The van der Waals surface area contributed by atoms with Gasteiger partial charge >= 0.3 is 6.09 Å². The fourth-order valence-corrected chi connectivity index (χ4v) is 4.89. The monoisotopic (exact) mass is 416 g/mol. The zero-order chi connectivity index (χ0) is 21.2. The van der Waals surface area contributed by atoms with Crippen molar-refractivity contribution < 1.29 is 17.9 Å². The third kappa shape index (κ3) is 5.09. The Bertz CT molecular complexity index is 979. The molecule has 1 aliphatic heterocycles. The van der Waals surface area contributed by atoms with E-state index in [-0.39, 0.29) is 17.5 Å². The van der Waals surface area contributed by atoms with Crippen LogP contribution in [0.15, 0.2) is 53.4 Å². The van der Waals surface area contributed by atoms with E-state index in [1.54, 1.807) is 24.3 Å². The van der Waals surface area contributed by atoms with E-state index in [0.29, 0.717) is 18.5 Å². The summed E-state index contributed by atoms with van der Waals surface area (Å²) in [7, 11) is -3.71. The molecule has 1 amide bonds. The van der Waals surface area contributed by atoms with Gasteiger partial charge in [-0.3, -0.25) is 4.31 Å². The van der Waals surface area contributed by atoms with E-state index in [0.717, 1.165) is 11.1 Å². The van der Waals surface area contributed by atoms with Gasteiger partial charge in [0, 0.05) is 12.6 Å². The summed E-state index contributed by atoms with van der Waals surface area (Å²) in [4.78, 5) is 12.5. The van der Waals surface area contributed by atoms with Crippen LogP contribution in [-0.4, -0.2) is 32.7 Å². The number of nitrogens with zero attached hydrogens (tertiary/aromatic N) is 1. The van der Waals surface area contributed by atoms with Crippen LogP contribution in [0.3, 0.4) is 0 Å². The van der Waals surface area contributed by atoms with Gasteiger partial charge in [0.05, 0.1) is 10.6 Å². The van der Waals surface area contributed by atoms with Crippen LogP contribution in [0.4, 0.5) is 10.5 Å². The van der Waals surface area contributed by atoms with E-state index in [4.69, 9.17) is 4.74 Å². The van der Waals surface area contributed by atoms with Gasteiger partial charge in [0.2, 0.25) is 0 Å². The first-order chi connectivity index (χ1) is 13.6. The first-order valence-electron chi connectivity index (χ1n) is 9.73. The second kappa shape index (κ2) is 8.06. The molecule has 2 aromatic carbocycles. The maximum Gasteiger partial charge on any atom is 0.407 e. The number of alkyl carbamates (subject to hydrolysis) is 1. The van der Waals surface area contributed by atoms with Gasteiger partial charge in [0.1, 0.15) is 5.60 Å². The fourth-order valence-electron chi connectivity index (χ4n) is 3.37. The molecule has 0 bridgehead atoms. The zero-order valence-electron chi connectivity index (χ0n) is 17.3. The molecule has 29 heavy (non-hydrogen) atoms. The molecule has 1 N–H and O–H groups in total. The van der Waals surface area contributed by atoms with E-state index in [9.17, 15) is 13.2 Å². The highest BCUT2D eigenvalue weighted by Crippen LogP contribution is 2.31. The lowest BCUT2D eigenvalue weighted by atomic mass is 10.0. The molecule has 0 radical (unpaired) electrons. The molecule has 0 aromatic heterocycles. The number of aryl methyl sites for hydroxylation is 1. The summed E-state index contributed by atoms with van der Waals surface area (Å²) in [6, 6.07) is 14.1. The van der Waals surface area contributed by atoms with Crippen molar-refractivity contribution in [1.29, 1.82) is 0 Å². The van der Waals surface area contributed by atoms with Crippen molar-refractivity contribution in [2.75, 3.05) is 10.8 Å². The lowest BCUT2D eigenvalue weighted by Crippen LogP contribution is -2.41. The molecule has 2 aromatic rings. The number of benzene rings is 2. The number of anilines is 1. The second-order valence-electron chi connectivity index (χ2n) is 8.35. The van der Waals surface area contributed by atoms with Gasteiger partial charge in [-0.25, -0.2) is 13.2 Å². The summed E-state index contributed by atoms with van der Waals surface area (Å²) in [5.74, 6) is 0. The highest BCUT2D eigenvalue weighted by atomic mass is 32.2. The largest absolute Gasteiger partial charge is 0.444 e. The quantitative estimate of drug-likeness (QED) is 0.820. The molecular weight excluding hydrogens is 388 g/mol. The van der Waals surface area contributed by atoms with E-state index in [1.165, 1.54) is 4.31 Å². The second-order valence-corrected chi connectivity index (χ2v) is 10.2. The summed E-state index contributed by atoms with van der Waals surface area (Å²) in [6.07, 6.45) is 0.531. The number of rotatable bonds is 3. The normalized spacial score (nSPS) is 17.2. The third-order valence-electron chi connectivity index (χ3n) is 4.74. The van der Waals surface area contributed by atoms with Gasteiger partial charge in [-0.2, -0.15) is 0 Å². The van der Waals surface area contributed by atoms with Gasteiger partial charge in [-0.05, 0) is 64.3 Å². The summed E-state index contributed by atoms with van der Waals surface area (Å²) in [5.41, 5.74) is 1.94. The van der Waals surface area contributed by atoms with Crippen LogP contribution in [0.1, 0.15) is 38.3 Å². The van der Waals surface area contributed by atoms with Crippen LogP contribution in [0.2, 0.25) is 0 Å². The molecule has 6 nitrogen and oxygen atoms in total. The molecule has 7 heteroatoms. The molecule has 1 unspecified atom stereocenters. The number of hydrogen-bond donors (Lipinski definition) is 1. The zero-order valence-corrected chi connectivity index (χ0v) is 18.1. The summed E-state index contributed by atoms with van der Waals surface area (Å²) in [5, 5.41) is 2.89. The average molecular weight is 417 g/mol. The lowest BCUT2D eigenvalue weighted by molar-refractivity contribution is 0.0503. The van der Waals surface area contributed by atoms with Gasteiger partial charge < -0.3 is 10.1 Å². The van der Waals surface area contributed by atoms with Crippen molar-refractivity contribution in [2.45, 2.75) is 57.1 Å². The Labute approximate surface area is 172 Å². The van der Waals surface area contributed by atoms with Crippen molar-refractivity contribution in [1.82, 2.24) is 5.32 Å². The van der Waals surface area contributed by atoms with Crippen molar-refractivity contribution in [2.24, 2.45) is 0 Å². The number of sulfonamides is 1. The predicted molar refractivity (Wildman–Crippen MR) is 114 cm³/mol. The minimum absolute atomic E-state index is 0.218. The molecule has 1 heterocycles. The van der Waals surface area contributed by atoms with E-state index < -0.39 is 21.7 Å². The smallest absolute Gasteiger partial charge is 0.407 e. The fraction of sp³-hybridized carbons (Fsp3) is 0.409. The van der Waals surface area contributed by atoms with Crippen LogP contribution < -0.4 is 9.62 Å². The van der Waals surface area contributed by atoms with Crippen LogP contribution in [-0.2, 0) is 21.2 Å². The number of carbonyl (C=O) groups is 1. The molecule has 0 aliphatic carbocycles. The number of ether oxygens (including phenoxy) is 1. The van der Waals surface area contributed by atoms with Crippen LogP contribution >= 0.6 is 0 Å². The van der Waals surface area contributed by atoms with E-state index >= 15 is 0 Å². The lowest BCUT2D eigenvalue weighted by Gasteiger charge is -2.25. The number of fused-ring (bicyclic) bond motifs is 1. The highest BCUT2D eigenvalue weighted by molar-refractivity contribution is 7.92. The Morgan fingerprint density at radius 1 is 1.10 bits per heavy atom. The molecule has 1 aliphatic rings. The summed E-state index contributed by atoms with van der Waals surface area (Å²) in [6.45, 7) is 7.62.